The van der Waals surface area contributed by atoms with E-state index in [2.05, 4.69) is 6.92 Å². The van der Waals surface area contributed by atoms with Crippen LogP contribution in [0.25, 0.3) is 0 Å². The van der Waals surface area contributed by atoms with E-state index in [0.29, 0.717) is 5.56 Å². The number of phenolic OH excluding ortho intramolecular Hbond substituents is 1. The summed E-state index contributed by atoms with van der Waals surface area (Å²) in [5.41, 5.74) is 0.473. The number of aromatic hydroxyl groups is 1. The second kappa shape index (κ2) is 6.16. The average Bonchev–Trinajstić information content (AvgIpc) is 2.27. The largest absolute Gasteiger partial charge is 0.508 e. The van der Waals surface area contributed by atoms with Gasteiger partial charge in [-0.3, -0.25) is 0 Å². The van der Waals surface area contributed by atoms with Gasteiger partial charge in [0.1, 0.15) is 5.75 Å². The predicted molar refractivity (Wildman–Crippen MR) is 62.5 cm³/mol. The van der Waals surface area contributed by atoms with E-state index >= 15 is 0 Å². The van der Waals surface area contributed by atoms with E-state index in [1.165, 1.54) is 12.1 Å². The standard InChI is InChI=1S/C13H18O3/c1-3-4-5-10(2)16-13(15)11-6-8-12(14)9-7-11/h6-10,14H,3-5H2,1-2H3/t10-/m1/s1. The molecule has 1 aromatic carbocycles. The molecular formula is C13H18O3. The van der Waals surface area contributed by atoms with Gasteiger partial charge >= 0.3 is 5.97 Å². The van der Waals surface area contributed by atoms with E-state index in [-0.39, 0.29) is 17.8 Å². The van der Waals surface area contributed by atoms with Gasteiger partial charge in [0.25, 0.3) is 0 Å². The summed E-state index contributed by atoms with van der Waals surface area (Å²) in [6.45, 7) is 4.00. The Labute approximate surface area is 96.1 Å². The molecule has 0 fully saturated rings. The maximum atomic E-state index is 11.6. The lowest BCUT2D eigenvalue weighted by Crippen LogP contribution is -2.14. The first kappa shape index (κ1) is 12.6. The minimum atomic E-state index is -0.330. The van der Waals surface area contributed by atoms with Crippen molar-refractivity contribution in [1.29, 1.82) is 0 Å². The molecule has 0 aromatic heterocycles. The number of rotatable bonds is 5. The van der Waals surface area contributed by atoms with Crippen LogP contribution < -0.4 is 0 Å². The summed E-state index contributed by atoms with van der Waals surface area (Å²) in [6.07, 6.45) is 2.99. The topological polar surface area (TPSA) is 46.5 Å². The van der Waals surface area contributed by atoms with Gasteiger partial charge in [-0.25, -0.2) is 4.79 Å². The fraction of sp³-hybridized carbons (Fsp3) is 0.462. The van der Waals surface area contributed by atoms with Crippen molar-refractivity contribution in [2.75, 3.05) is 0 Å². The highest BCUT2D eigenvalue weighted by Gasteiger charge is 2.11. The van der Waals surface area contributed by atoms with Crippen molar-refractivity contribution in [2.24, 2.45) is 0 Å². The van der Waals surface area contributed by atoms with Crippen LogP contribution in [0.15, 0.2) is 24.3 Å². The molecule has 0 amide bonds. The molecular weight excluding hydrogens is 204 g/mol. The maximum Gasteiger partial charge on any atom is 0.338 e. The van der Waals surface area contributed by atoms with Gasteiger partial charge < -0.3 is 9.84 Å². The van der Waals surface area contributed by atoms with Crippen molar-refractivity contribution in [2.45, 2.75) is 39.2 Å². The quantitative estimate of drug-likeness (QED) is 0.778. The number of esters is 1. The van der Waals surface area contributed by atoms with E-state index in [1.54, 1.807) is 12.1 Å². The highest BCUT2D eigenvalue weighted by molar-refractivity contribution is 5.89. The summed E-state index contributed by atoms with van der Waals surface area (Å²) in [5.74, 6) is -0.181. The molecule has 0 aliphatic rings. The molecule has 1 atom stereocenters. The van der Waals surface area contributed by atoms with Crippen LogP contribution in [0.3, 0.4) is 0 Å². The summed E-state index contributed by atoms with van der Waals surface area (Å²) in [5, 5.41) is 9.08. The maximum absolute atomic E-state index is 11.6. The Morgan fingerprint density at radius 1 is 1.38 bits per heavy atom. The van der Waals surface area contributed by atoms with Crippen molar-refractivity contribution in [3.63, 3.8) is 0 Å². The first-order valence-electron chi connectivity index (χ1n) is 5.63. The molecule has 88 valence electrons. The first-order valence-corrected chi connectivity index (χ1v) is 5.63. The molecule has 0 aliphatic heterocycles. The van der Waals surface area contributed by atoms with Gasteiger partial charge in [0.15, 0.2) is 0 Å². The SMILES string of the molecule is CCCC[C@@H](C)OC(=O)c1ccc(O)cc1. The summed E-state index contributed by atoms with van der Waals surface area (Å²) in [6, 6.07) is 6.08. The second-order valence-corrected chi connectivity index (χ2v) is 3.91. The van der Waals surface area contributed by atoms with E-state index in [9.17, 15) is 4.79 Å². The van der Waals surface area contributed by atoms with Crippen LogP contribution in [0.4, 0.5) is 0 Å². The molecule has 0 aliphatic carbocycles. The van der Waals surface area contributed by atoms with Gasteiger partial charge in [0, 0.05) is 0 Å². The van der Waals surface area contributed by atoms with Crippen LogP contribution in [-0.4, -0.2) is 17.2 Å². The van der Waals surface area contributed by atoms with Crippen LogP contribution in [0.2, 0.25) is 0 Å². The van der Waals surface area contributed by atoms with Crippen molar-refractivity contribution >= 4 is 5.97 Å². The molecule has 0 heterocycles. The van der Waals surface area contributed by atoms with Gasteiger partial charge in [-0.2, -0.15) is 0 Å². The van der Waals surface area contributed by atoms with E-state index < -0.39 is 0 Å². The zero-order chi connectivity index (χ0) is 12.0. The van der Waals surface area contributed by atoms with E-state index in [4.69, 9.17) is 9.84 Å². The Kier molecular flexibility index (Phi) is 4.83. The first-order chi connectivity index (χ1) is 7.63. The average molecular weight is 222 g/mol. The molecule has 0 bridgehead atoms. The highest BCUT2D eigenvalue weighted by atomic mass is 16.5. The second-order valence-electron chi connectivity index (χ2n) is 3.91. The molecule has 1 rings (SSSR count). The monoisotopic (exact) mass is 222 g/mol. The molecule has 0 saturated heterocycles. The van der Waals surface area contributed by atoms with Crippen molar-refractivity contribution in [3.8, 4) is 5.75 Å². The molecule has 1 N–H and O–H groups in total. The van der Waals surface area contributed by atoms with Crippen LogP contribution in [-0.2, 0) is 4.74 Å². The zero-order valence-corrected chi connectivity index (χ0v) is 9.77. The Hall–Kier alpha value is -1.51. The number of carbonyl (C=O) groups is 1. The fourth-order valence-corrected chi connectivity index (χ4v) is 1.40. The van der Waals surface area contributed by atoms with Crippen LogP contribution in [0, 0.1) is 0 Å². The fourth-order valence-electron chi connectivity index (χ4n) is 1.40. The Morgan fingerprint density at radius 3 is 2.56 bits per heavy atom. The van der Waals surface area contributed by atoms with Crippen LogP contribution in [0.5, 0.6) is 5.75 Å². The Balaban J connectivity index is 2.48. The molecule has 1 aromatic rings. The highest BCUT2D eigenvalue weighted by Crippen LogP contribution is 2.12. The number of hydrogen-bond donors (Lipinski definition) is 1. The summed E-state index contributed by atoms with van der Waals surface area (Å²) >= 11 is 0. The number of hydrogen-bond acceptors (Lipinski definition) is 3. The molecule has 16 heavy (non-hydrogen) atoms. The van der Waals surface area contributed by atoms with Crippen molar-refractivity contribution < 1.29 is 14.6 Å². The third-order valence-electron chi connectivity index (χ3n) is 2.38. The number of unbranched alkanes of at least 4 members (excludes halogenated alkanes) is 1. The number of benzene rings is 1. The lowest BCUT2D eigenvalue weighted by Gasteiger charge is -2.12. The van der Waals surface area contributed by atoms with Crippen molar-refractivity contribution in [1.82, 2.24) is 0 Å². The summed E-state index contributed by atoms with van der Waals surface area (Å²) < 4.78 is 5.26. The van der Waals surface area contributed by atoms with E-state index in [1.807, 2.05) is 6.92 Å². The van der Waals surface area contributed by atoms with Crippen LogP contribution in [0.1, 0.15) is 43.5 Å². The molecule has 3 heteroatoms. The molecule has 0 spiro atoms. The van der Waals surface area contributed by atoms with Crippen molar-refractivity contribution in [3.05, 3.63) is 29.8 Å². The Bertz CT molecular complexity index is 330. The molecule has 0 saturated carbocycles. The zero-order valence-electron chi connectivity index (χ0n) is 9.77. The lowest BCUT2D eigenvalue weighted by atomic mass is 10.2. The third kappa shape index (κ3) is 3.93. The molecule has 0 radical (unpaired) electrons. The predicted octanol–water partition coefficient (Wildman–Crippen LogP) is 3.13. The third-order valence-corrected chi connectivity index (χ3v) is 2.38. The van der Waals surface area contributed by atoms with Gasteiger partial charge in [0.05, 0.1) is 11.7 Å². The van der Waals surface area contributed by atoms with E-state index in [0.717, 1.165) is 19.3 Å². The number of carbonyl (C=O) groups excluding carboxylic acids is 1. The van der Waals surface area contributed by atoms with Gasteiger partial charge in [0.2, 0.25) is 0 Å². The summed E-state index contributed by atoms with van der Waals surface area (Å²) in [7, 11) is 0. The lowest BCUT2D eigenvalue weighted by molar-refractivity contribution is 0.0320. The van der Waals surface area contributed by atoms with Crippen LogP contribution >= 0.6 is 0 Å². The number of ether oxygens (including phenoxy) is 1. The Morgan fingerprint density at radius 2 is 2.00 bits per heavy atom. The normalized spacial score (nSPS) is 12.1. The smallest absolute Gasteiger partial charge is 0.338 e. The number of phenols is 1. The minimum Gasteiger partial charge on any atom is -0.508 e. The van der Waals surface area contributed by atoms with Gasteiger partial charge in [-0.05, 0) is 37.6 Å². The minimum absolute atomic E-state index is 0.0544. The molecule has 3 nitrogen and oxygen atoms in total. The molecule has 0 unspecified atom stereocenters. The van der Waals surface area contributed by atoms with Gasteiger partial charge in [-0.1, -0.05) is 19.8 Å². The summed E-state index contributed by atoms with van der Waals surface area (Å²) in [4.78, 5) is 11.6. The van der Waals surface area contributed by atoms with Gasteiger partial charge in [-0.15, -0.1) is 0 Å².